The lowest BCUT2D eigenvalue weighted by atomic mass is 9.79. The van der Waals surface area contributed by atoms with E-state index in [1.54, 1.807) is 6.26 Å². The molecule has 1 N–H and O–H groups in total. The maximum Gasteiger partial charge on any atom is 0.222 e. The fourth-order valence-electron chi connectivity index (χ4n) is 3.83. The summed E-state index contributed by atoms with van der Waals surface area (Å²) in [7, 11) is 0. The third-order valence-electron chi connectivity index (χ3n) is 5.10. The van der Waals surface area contributed by atoms with Crippen molar-refractivity contribution in [3.8, 4) is 0 Å². The van der Waals surface area contributed by atoms with Gasteiger partial charge in [0, 0.05) is 38.6 Å². The highest BCUT2D eigenvalue weighted by atomic mass is 16.5. The summed E-state index contributed by atoms with van der Waals surface area (Å²) in [5, 5.41) is 3.33. The van der Waals surface area contributed by atoms with E-state index in [1.165, 1.54) is 0 Å². The molecule has 0 radical (unpaired) electrons. The minimum Gasteiger partial charge on any atom is -0.468 e. The number of nitrogens with one attached hydrogen (secondary N) is 1. The van der Waals surface area contributed by atoms with Crippen molar-refractivity contribution >= 4 is 5.95 Å². The van der Waals surface area contributed by atoms with Crippen LogP contribution in [0.15, 0.2) is 35.2 Å². The topological polar surface area (TPSA) is 63.4 Å². The molecule has 0 amide bonds. The summed E-state index contributed by atoms with van der Waals surface area (Å²) < 4.78 is 11.6. The Kier molecular flexibility index (Phi) is 4.24. The van der Waals surface area contributed by atoms with Gasteiger partial charge in [-0.3, -0.25) is 4.90 Å². The first-order chi connectivity index (χ1) is 11.7. The van der Waals surface area contributed by atoms with Crippen molar-refractivity contribution in [2.24, 2.45) is 5.92 Å². The van der Waals surface area contributed by atoms with Gasteiger partial charge in [0.1, 0.15) is 5.76 Å². The zero-order valence-electron chi connectivity index (χ0n) is 14.1. The van der Waals surface area contributed by atoms with E-state index in [9.17, 15) is 0 Å². The monoisotopic (exact) mass is 328 g/mol. The molecule has 2 aromatic rings. The molecule has 2 aromatic heterocycles. The number of furan rings is 1. The number of likely N-dealkylation sites (tertiary alicyclic amines) is 1. The number of hydrogen-bond donors (Lipinski definition) is 1. The van der Waals surface area contributed by atoms with Gasteiger partial charge in [0.15, 0.2) is 0 Å². The summed E-state index contributed by atoms with van der Waals surface area (Å²) >= 11 is 0. The molecule has 2 aliphatic heterocycles. The first-order valence-electron chi connectivity index (χ1n) is 8.65. The molecule has 0 aromatic carbocycles. The molecule has 0 bridgehead atoms. The maximum atomic E-state index is 6.13. The second-order valence-electron chi connectivity index (χ2n) is 6.92. The summed E-state index contributed by atoms with van der Waals surface area (Å²) in [5.41, 5.74) is 1.12. The molecule has 1 atom stereocenters. The van der Waals surface area contributed by atoms with Gasteiger partial charge in [-0.15, -0.1) is 0 Å². The number of anilines is 1. The van der Waals surface area contributed by atoms with Gasteiger partial charge in [-0.05, 0) is 43.4 Å². The lowest BCUT2D eigenvalue weighted by Crippen LogP contribution is -2.64. The summed E-state index contributed by atoms with van der Waals surface area (Å²) in [6.45, 7) is 6.63. The Bertz CT molecular complexity index is 650. The van der Waals surface area contributed by atoms with Crippen LogP contribution >= 0.6 is 0 Å². The Morgan fingerprint density at radius 1 is 1.33 bits per heavy atom. The van der Waals surface area contributed by atoms with Crippen molar-refractivity contribution < 1.29 is 9.15 Å². The van der Waals surface area contributed by atoms with Gasteiger partial charge in [0.05, 0.1) is 18.4 Å². The molecule has 6 heteroatoms. The van der Waals surface area contributed by atoms with Crippen LogP contribution in [-0.2, 0) is 11.3 Å². The van der Waals surface area contributed by atoms with Gasteiger partial charge in [-0.25, -0.2) is 9.97 Å². The molecule has 4 heterocycles. The third-order valence-corrected chi connectivity index (χ3v) is 5.10. The largest absolute Gasteiger partial charge is 0.468 e. The fourth-order valence-corrected chi connectivity index (χ4v) is 3.83. The number of ether oxygens (including phenoxy) is 1. The summed E-state index contributed by atoms with van der Waals surface area (Å²) in [6, 6.07) is 3.97. The molecule has 6 nitrogen and oxygen atoms in total. The SMILES string of the molecule is Cc1cnc(NCC[C@@H]2CCOC23CN(Cc2ccco2)C3)nc1. The Hall–Kier alpha value is -1.92. The van der Waals surface area contributed by atoms with Gasteiger partial charge < -0.3 is 14.5 Å². The molecular formula is C18H24N4O2. The molecule has 0 saturated carbocycles. The number of hydrogen-bond acceptors (Lipinski definition) is 6. The molecule has 1 spiro atoms. The van der Waals surface area contributed by atoms with E-state index in [0.29, 0.717) is 11.9 Å². The Morgan fingerprint density at radius 3 is 2.92 bits per heavy atom. The van der Waals surface area contributed by atoms with Crippen molar-refractivity contribution in [3.05, 3.63) is 42.1 Å². The minimum absolute atomic E-state index is 0.0441. The zero-order valence-corrected chi connectivity index (χ0v) is 14.1. The van der Waals surface area contributed by atoms with E-state index in [-0.39, 0.29) is 5.60 Å². The highest BCUT2D eigenvalue weighted by molar-refractivity contribution is 5.24. The van der Waals surface area contributed by atoms with E-state index in [0.717, 1.165) is 57.0 Å². The Balaban J connectivity index is 1.26. The van der Waals surface area contributed by atoms with Crippen LogP contribution in [0.25, 0.3) is 0 Å². The van der Waals surface area contributed by atoms with Gasteiger partial charge in [-0.1, -0.05) is 0 Å². The normalized spacial score (nSPS) is 22.6. The maximum absolute atomic E-state index is 6.13. The first-order valence-corrected chi connectivity index (χ1v) is 8.65. The molecule has 2 saturated heterocycles. The predicted octanol–water partition coefficient (Wildman–Crippen LogP) is 2.47. The predicted molar refractivity (Wildman–Crippen MR) is 90.7 cm³/mol. The van der Waals surface area contributed by atoms with Crippen molar-refractivity contribution in [3.63, 3.8) is 0 Å². The van der Waals surface area contributed by atoms with Crippen molar-refractivity contribution in [2.75, 3.05) is 31.6 Å². The fraction of sp³-hybridized carbons (Fsp3) is 0.556. The van der Waals surface area contributed by atoms with Crippen LogP contribution in [0.3, 0.4) is 0 Å². The van der Waals surface area contributed by atoms with Crippen LogP contribution < -0.4 is 5.32 Å². The number of rotatable bonds is 6. The van der Waals surface area contributed by atoms with E-state index in [2.05, 4.69) is 20.2 Å². The van der Waals surface area contributed by atoms with Crippen LogP contribution in [-0.4, -0.2) is 46.7 Å². The second kappa shape index (κ2) is 6.53. The van der Waals surface area contributed by atoms with Crippen molar-refractivity contribution in [1.82, 2.24) is 14.9 Å². The van der Waals surface area contributed by atoms with Crippen LogP contribution in [0.5, 0.6) is 0 Å². The second-order valence-corrected chi connectivity index (χ2v) is 6.92. The van der Waals surface area contributed by atoms with E-state index in [1.807, 2.05) is 31.5 Å². The number of aryl methyl sites for hydroxylation is 1. The average Bonchev–Trinajstić information content (AvgIpc) is 3.19. The molecule has 0 unspecified atom stereocenters. The lowest BCUT2D eigenvalue weighted by Gasteiger charge is -2.50. The third kappa shape index (κ3) is 3.16. The van der Waals surface area contributed by atoms with Crippen LogP contribution in [0.1, 0.15) is 24.2 Å². The highest BCUT2D eigenvalue weighted by Gasteiger charge is 2.52. The number of nitrogens with zero attached hydrogens (tertiary/aromatic N) is 3. The minimum atomic E-state index is 0.0441. The number of aromatic nitrogens is 2. The zero-order chi connectivity index (χ0) is 16.4. The van der Waals surface area contributed by atoms with Crippen molar-refractivity contribution in [1.29, 1.82) is 0 Å². The lowest BCUT2D eigenvalue weighted by molar-refractivity contribution is -0.137. The first kappa shape index (κ1) is 15.6. The van der Waals surface area contributed by atoms with Gasteiger partial charge in [0.25, 0.3) is 0 Å². The van der Waals surface area contributed by atoms with E-state index < -0.39 is 0 Å². The van der Waals surface area contributed by atoms with Gasteiger partial charge >= 0.3 is 0 Å². The molecule has 4 rings (SSSR count). The standard InChI is InChI=1S/C18H24N4O2/c1-14-9-20-17(21-10-14)19-6-4-15-5-8-24-18(15)12-22(13-18)11-16-3-2-7-23-16/h2-3,7,9-10,15H,4-6,8,11-13H2,1H3,(H,19,20,21)/t15-/m1/s1. The molecule has 0 aliphatic carbocycles. The van der Waals surface area contributed by atoms with Gasteiger partial charge in [0.2, 0.25) is 5.95 Å². The Labute approximate surface area is 142 Å². The average molecular weight is 328 g/mol. The van der Waals surface area contributed by atoms with E-state index in [4.69, 9.17) is 9.15 Å². The molecular weight excluding hydrogens is 304 g/mol. The summed E-state index contributed by atoms with van der Waals surface area (Å²) in [4.78, 5) is 11.0. The molecule has 2 fully saturated rings. The van der Waals surface area contributed by atoms with Gasteiger partial charge in [-0.2, -0.15) is 0 Å². The van der Waals surface area contributed by atoms with Crippen LogP contribution in [0, 0.1) is 12.8 Å². The quantitative estimate of drug-likeness (QED) is 0.879. The summed E-state index contributed by atoms with van der Waals surface area (Å²) in [6.07, 6.45) is 7.65. The molecule has 2 aliphatic rings. The van der Waals surface area contributed by atoms with Crippen LogP contribution in [0.2, 0.25) is 0 Å². The highest BCUT2D eigenvalue weighted by Crippen LogP contribution is 2.42. The van der Waals surface area contributed by atoms with Crippen molar-refractivity contribution in [2.45, 2.75) is 31.9 Å². The van der Waals surface area contributed by atoms with Crippen LogP contribution in [0.4, 0.5) is 5.95 Å². The smallest absolute Gasteiger partial charge is 0.222 e. The summed E-state index contributed by atoms with van der Waals surface area (Å²) in [5.74, 6) is 2.34. The van der Waals surface area contributed by atoms with E-state index >= 15 is 0 Å². The molecule has 24 heavy (non-hydrogen) atoms. The Morgan fingerprint density at radius 2 is 2.17 bits per heavy atom. The molecule has 128 valence electrons.